The Hall–Kier alpha value is -3.00. The first-order chi connectivity index (χ1) is 13.5. The summed E-state index contributed by atoms with van der Waals surface area (Å²) in [5.74, 6) is -0.580. The predicted octanol–water partition coefficient (Wildman–Crippen LogP) is 1.32. The maximum Gasteiger partial charge on any atom is 0.227 e. The van der Waals surface area contributed by atoms with Gasteiger partial charge in [-0.2, -0.15) is 0 Å². The summed E-state index contributed by atoms with van der Waals surface area (Å²) in [6, 6.07) is 9.14. The van der Waals surface area contributed by atoms with Crippen molar-refractivity contribution in [1.82, 2.24) is 9.88 Å². The number of carbonyl (C=O) groups is 2. The molecule has 1 saturated heterocycles. The van der Waals surface area contributed by atoms with Crippen LogP contribution >= 0.6 is 0 Å². The number of hydrogen-bond donors (Lipinski definition) is 1. The van der Waals surface area contributed by atoms with Gasteiger partial charge in [-0.1, -0.05) is 6.07 Å². The fourth-order valence-electron chi connectivity index (χ4n) is 3.16. The minimum absolute atomic E-state index is 0.0121. The Labute approximate surface area is 162 Å². The van der Waals surface area contributed by atoms with Gasteiger partial charge in [-0.15, -0.1) is 0 Å². The summed E-state index contributed by atoms with van der Waals surface area (Å²) in [7, 11) is 0. The lowest BCUT2D eigenvalue weighted by molar-refractivity contribution is -0.161. The normalized spacial score (nSPS) is 19.2. The van der Waals surface area contributed by atoms with E-state index in [1.54, 1.807) is 23.4 Å². The molecule has 8 heteroatoms. The molecular weight excluding hydrogens is 365 g/mol. The summed E-state index contributed by atoms with van der Waals surface area (Å²) < 4.78 is 24.6. The molecule has 2 N–H and O–H groups in total. The second-order valence-corrected chi connectivity index (χ2v) is 6.77. The van der Waals surface area contributed by atoms with E-state index < -0.39 is 11.5 Å². The van der Waals surface area contributed by atoms with Crippen molar-refractivity contribution >= 4 is 11.8 Å². The van der Waals surface area contributed by atoms with Crippen LogP contribution in [0.15, 0.2) is 48.8 Å². The number of nitrogens with zero attached hydrogens (tertiary/aromatic N) is 2. The molecule has 1 aliphatic rings. The molecule has 0 saturated carbocycles. The first kappa shape index (κ1) is 19.8. The second-order valence-electron chi connectivity index (χ2n) is 6.77. The fraction of sp³-hybridized carbons (Fsp3) is 0.350. The predicted molar refractivity (Wildman–Crippen MR) is 98.9 cm³/mol. The standard InChI is InChI=1S/C20H22FN3O4/c21-16-3-5-17(6-4-16)27-14-20(11-18(22)25)13-24(8-9-28-20)19(26)10-15-2-1-7-23-12-15/h1-7,12H,8-11,13-14H2,(H2,22,25)/t20-/m0/s1. The van der Waals surface area contributed by atoms with E-state index in [-0.39, 0.29) is 44.3 Å². The summed E-state index contributed by atoms with van der Waals surface area (Å²) in [4.78, 5) is 30.0. The van der Waals surface area contributed by atoms with Crippen molar-refractivity contribution in [2.75, 3.05) is 26.3 Å². The first-order valence-corrected chi connectivity index (χ1v) is 8.93. The number of carbonyl (C=O) groups excluding carboxylic acids is 2. The third kappa shape index (κ3) is 5.26. The van der Waals surface area contributed by atoms with Crippen LogP contribution in [-0.4, -0.2) is 53.6 Å². The summed E-state index contributed by atoms with van der Waals surface area (Å²) in [6.07, 6.45) is 3.41. The second kappa shape index (κ2) is 8.79. The first-order valence-electron chi connectivity index (χ1n) is 8.93. The molecular formula is C20H22FN3O4. The molecule has 1 fully saturated rings. The number of halogens is 1. The highest BCUT2D eigenvalue weighted by Gasteiger charge is 2.40. The molecule has 2 aromatic rings. The number of morpholine rings is 1. The van der Waals surface area contributed by atoms with Crippen molar-refractivity contribution < 1.29 is 23.5 Å². The van der Waals surface area contributed by atoms with Gasteiger partial charge < -0.3 is 20.1 Å². The highest BCUT2D eigenvalue weighted by molar-refractivity contribution is 5.79. The minimum atomic E-state index is -1.05. The summed E-state index contributed by atoms with van der Waals surface area (Å²) in [6.45, 7) is 0.865. The van der Waals surface area contributed by atoms with Gasteiger partial charge in [0.15, 0.2) is 0 Å². The average molecular weight is 387 g/mol. The van der Waals surface area contributed by atoms with E-state index in [4.69, 9.17) is 15.2 Å². The lowest BCUT2D eigenvalue weighted by Gasteiger charge is -2.42. The number of aromatic nitrogens is 1. The van der Waals surface area contributed by atoms with Crippen LogP contribution in [0.2, 0.25) is 0 Å². The Morgan fingerprint density at radius 2 is 2.07 bits per heavy atom. The average Bonchev–Trinajstić information content (AvgIpc) is 2.68. The van der Waals surface area contributed by atoms with Gasteiger partial charge >= 0.3 is 0 Å². The summed E-state index contributed by atoms with van der Waals surface area (Å²) in [5, 5.41) is 0. The Morgan fingerprint density at radius 3 is 2.75 bits per heavy atom. The SMILES string of the molecule is NC(=O)C[C@@]1(COc2ccc(F)cc2)CN(C(=O)Cc2cccnc2)CCO1. The molecule has 0 bridgehead atoms. The van der Waals surface area contributed by atoms with Crippen LogP contribution in [0.5, 0.6) is 5.75 Å². The van der Waals surface area contributed by atoms with Crippen molar-refractivity contribution in [1.29, 1.82) is 0 Å². The van der Waals surface area contributed by atoms with Gasteiger partial charge in [-0.05, 0) is 35.9 Å². The van der Waals surface area contributed by atoms with Crippen LogP contribution < -0.4 is 10.5 Å². The zero-order valence-electron chi connectivity index (χ0n) is 15.3. The third-order valence-corrected chi connectivity index (χ3v) is 4.49. The largest absolute Gasteiger partial charge is 0.490 e. The van der Waals surface area contributed by atoms with Crippen molar-refractivity contribution in [2.24, 2.45) is 5.73 Å². The van der Waals surface area contributed by atoms with Crippen molar-refractivity contribution in [3.63, 3.8) is 0 Å². The molecule has 1 aliphatic heterocycles. The maximum absolute atomic E-state index is 13.1. The molecule has 0 spiro atoms. The third-order valence-electron chi connectivity index (χ3n) is 4.49. The van der Waals surface area contributed by atoms with E-state index in [9.17, 15) is 14.0 Å². The van der Waals surface area contributed by atoms with Crippen LogP contribution in [0, 0.1) is 5.82 Å². The molecule has 1 atom stereocenters. The van der Waals surface area contributed by atoms with Crippen LogP contribution in [-0.2, 0) is 20.7 Å². The molecule has 2 heterocycles. The molecule has 28 heavy (non-hydrogen) atoms. The molecule has 148 valence electrons. The Bertz CT molecular complexity index is 816. The quantitative estimate of drug-likeness (QED) is 0.773. The lowest BCUT2D eigenvalue weighted by Crippen LogP contribution is -2.58. The van der Waals surface area contributed by atoms with Gasteiger partial charge in [0, 0.05) is 18.9 Å². The van der Waals surface area contributed by atoms with Crippen LogP contribution in [0.3, 0.4) is 0 Å². The maximum atomic E-state index is 13.1. The fourth-order valence-corrected chi connectivity index (χ4v) is 3.16. The van der Waals surface area contributed by atoms with Gasteiger partial charge in [-0.3, -0.25) is 14.6 Å². The van der Waals surface area contributed by atoms with Crippen LogP contribution in [0.1, 0.15) is 12.0 Å². The molecule has 0 unspecified atom stereocenters. The van der Waals surface area contributed by atoms with Crippen molar-refractivity contribution in [3.8, 4) is 5.75 Å². The van der Waals surface area contributed by atoms with Gasteiger partial charge in [0.2, 0.25) is 11.8 Å². The zero-order valence-corrected chi connectivity index (χ0v) is 15.3. The van der Waals surface area contributed by atoms with E-state index in [2.05, 4.69) is 4.98 Å². The Balaban J connectivity index is 1.69. The molecule has 0 radical (unpaired) electrons. The van der Waals surface area contributed by atoms with E-state index in [0.29, 0.717) is 12.3 Å². The van der Waals surface area contributed by atoms with Gasteiger partial charge in [0.05, 0.1) is 26.0 Å². The minimum Gasteiger partial charge on any atom is -0.490 e. The summed E-state index contributed by atoms with van der Waals surface area (Å²) >= 11 is 0. The molecule has 2 amide bonds. The van der Waals surface area contributed by atoms with E-state index >= 15 is 0 Å². The number of nitrogens with two attached hydrogens (primary N) is 1. The highest BCUT2D eigenvalue weighted by atomic mass is 19.1. The Kier molecular flexibility index (Phi) is 6.20. The number of primary amides is 1. The Morgan fingerprint density at radius 1 is 1.29 bits per heavy atom. The van der Waals surface area contributed by atoms with Crippen molar-refractivity contribution in [3.05, 3.63) is 60.2 Å². The smallest absolute Gasteiger partial charge is 0.227 e. The lowest BCUT2D eigenvalue weighted by atomic mass is 9.97. The molecule has 0 aliphatic carbocycles. The monoisotopic (exact) mass is 387 g/mol. The number of pyridine rings is 1. The molecule has 1 aromatic carbocycles. The van der Waals surface area contributed by atoms with E-state index in [0.717, 1.165) is 5.56 Å². The van der Waals surface area contributed by atoms with Crippen molar-refractivity contribution in [2.45, 2.75) is 18.4 Å². The van der Waals surface area contributed by atoms with Gasteiger partial charge in [0.25, 0.3) is 0 Å². The van der Waals surface area contributed by atoms with Gasteiger partial charge in [0.1, 0.15) is 23.8 Å². The number of amides is 2. The van der Waals surface area contributed by atoms with Crippen LogP contribution in [0.4, 0.5) is 4.39 Å². The molecule has 7 nitrogen and oxygen atoms in total. The number of rotatable bonds is 7. The number of benzene rings is 1. The number of hydrogen-bond acceptors (Lipinski definition) is 5. The number of ether oxygens (including phenoxy) is 2. The van der Waals surface area contributed by atoms with E-state index in [1.165, 1.54) is 24.3 Å². The van der Waals surface area contributed by atoms with Gasteiger partial charge in [-0.25, -0.2) is 4.39 Å². The topological polar surface area (TPSA) is 94.8 Å². The highest BCUT2D eigenvalue weighted by Crippen LogP contribution is 2.25. The molecule has 3 rings (SSSR count). The van der Waals surface area contributed by atoms with Crippen LogP contribution in [0.25, 0.3) is 0 Å². The van der Waals surface area contributed by atoms with E-state index in [1.807, 2.05) is 6.07 Å². The summed E-state index contributed by atoms with van der Waals surface area (Å²) in [5.41, 5.74) is 5.16. The zero-order chi connectivity index (χ0) is 20.0. The molecule has 1 aromatic heterocycles.